The molecule has 0 bridgehead atoms. The first-order valence-corrected chi connectivity index (χ1v) is 3.32. The molecule has 0 radical (unpaired) electrons. The highest BCUT2D eigenvalue weighted by molar-refractivity contribution is 5.47. The molecule has 1 atom stereocenters. The summed E-state index contributed by atoms with van der Waals surface area (Å²) in [6, 6.07) is 7.68. The summed E-state index contributed by atoms with van der Waals surface area (Å²) in [5.41, 5.74) is 13.1. The van der Waals surface area contributed by atoms with Crippen molar-refractivity contribution in [3.63, 3.8) is 0 Å². The normalized spacial score (nSPS) is 13.0. The van der Waals surface area contributed by atoms with Crippen molar-refractivity contribution in [1.82, 2.24) is 0 Å². The van der Waals surface area contributed by atoms with E-state index in [0.29, 0.717) is 0 Å². The van der Waals surface area contributed by atoms with Crippen LogP contribution in [0.1, 0.15) is 18.5 Å². The van der Waals surface area contributed by atoms with Crippen molar-refractivity contribution in [2.24, 2.45) is 5.73 Å². The second kappa shape index (κ2) is 2.71. The molecular weight excluding hydrogens is 124 g/mol. The maximum absolute atomic E-state index is 5.64. The molecule has 0 aliphatic rings. The minimum atomic E-state index is 0.0289. The molecule has 0 amide bonds. The van der Waals surface area contributed by atoms with Crippen LogP contribution in [-0.4, -0.2) is 0 Å². The Morgan fingerprint density at radius 1 is 1.30 bits per heavy atom. The molecule has 2 nitrogen and oxygen atoms in total. The summed E-state index contributed by atoms with van der Waals surface area (Å²) < 4.78 is 0. The predicted octanol–water partition coefficient (Wildman–Crippen LogP) is 1.29. The van der Waals surface area contributed by atoms with E-state index in [1.165, 1.54) is 0 Å². The highest BCUT2D eigenvalue weighted by Crippen LogP contribution is 2.16. The van der Waals surface area contributed by atoms with Crippen LogP contribution in [0, 0.1) is 0 Å². The van der Waals surface area contributed by atoms with E-state index in [-0.39, 0.29) is 6.04 Å². The quantitative estimate of drug-likeness (QED) is 0.571. The van der Waals surface area contributed by atoms with E-state index in [9.17, 15) is 0 Å². The van der Waals surface area contributed by atoms with Crippen LogP contribution in [0.3, 0.4) is 0 Å². The first-order valence-electron chi connectivity index (χ1n) is 3.32. The van der Waals surface area contributed by atoms with E-state index in [0.717, 1.165) is 11.3 Å². The van der Waals surface area contributed by atoms with Gasteiger partial charge in [0.15, 0.2) is 0 Å². The van der Waals surface area contributed by atoms with Crippen LogP contribution in [0.5, 0.6) is 0 Å². The van der Waals surface area contributed by atoms with E-state index >= 15 is 0 Å². The van der Waals surface area contributed by atoms with Crippen molar-refractivity contribution < 1.29 is 0 Å². The van der Waals surface area contributed by atoms with Crippen molar-refractivity contribution in [1.29, 1.82) is 0 Å². The second-order valence-corrected chi connectivity index (χ2v) is 2.42. The van der Waals surface area contributed by atoms with Crippen molar-refractivity contribution in [3.8, 4) is 0 Å². The first-order chi connectivity index (χ1) is 4.72. The van der Waals surface area contributed by atoms with Crippen LogP contribution in [0.15, 0.2) is 24.3 Å². The summed E-state index contributed by atoms with van der Waals surface area (Å²) in [6.07, 6.45) is 0. The first kappa shape index (κ1) is 7.09. The Balaban J connectivity index is 3.03. The molecule has 1 aromatic carbocycles. The van der Waals surface area contributed by atoms with Gasteiger partial charge in [-0.25, -0.2) is 0 Å². The van der Waals surface area contributed by atoms with Crippen molar-refractivity contribution in [2.75, 3.05) is 5.73 Å². The van der Waals surface area contributed by atoms with E-state index in [1.807, 2.05) is 31.2 Å². The molecule has 0 saturated carbocycles. The van der Waals surface area contributed by atoms with Crippen molar-refractivity contribution in [3.05, 3.63) is 29.8 Å². The minimum Gasteiger partial charge on any atom is -0.398 e. The molecule has 2 heteroatoms. The van der Waals surface area contributed by atoms with Gasteiger partial charge in [0.2, 0.25) is 0 Å². The lowest BCUT2D eigenvalue weighted by Crippen LogP contribution is -2.07. The number of para-hydroxylation sites is 1. The topological polar surface area (TPSA) is 52.0 Å². The van der Waals surface area contributed by atoms with E-state index < -0.39 is 0 Å². The lowest BCUT2D eigenvalue weighted by atomic mass is 10.1. The maximum Gasteiger partial charge on any atom is 0.0362 e. The van der Waals surface area contributed by atoms with Crippen LogP contribution in [-0.2, 0) is 0 Å². The number of benzene rings is 1. The number of nitrogen functional groups attached to an aromatic ring is 1. The Hall–Kier alpha value is -1.02. The fourth-order valence-corrected chi connectivity index (χ4v) is 0.926. The van der Waals surface area contributed by atoms with E-state index in [2.05, 4.69) is 0 Å². The summed E-state index contributed by atoms with van der Waals surface area (Å²) >= 11 is 0. The number of rotatable bonds is 1. The number of hydrogen-bond donors (Lipinski definition) is 2. The Kier molecular flexibility index (Phi) is 1.92. The highest BCUT2D eigenvalue weighted by atomic mass is 14.6. The van der Waals surface area contributed by atoms with Crippen LogP contribution in [0.4, 0.5) is 5.69 Å². The van der Waals surface area contributed by atoms with Gasteiger partial charge >= 0.3 is 0 Å². The average Bonchev–Trinajstić information content (AvgIpc) is 1.88. The zero-order chi connectivity index (χ0) is 7.56. The largest absolute Gasteiger partial charge is 0.398 e. The Bertz CT molecular complexity index is 218. The summed E-state index contributed by atoms with van der Waals surface area (Å²) in [5.74, 6) is 0. The van der Waals surface area contributed by atoms with Crippen molar-refractivity contribution in [2.45, 2.75) is 13.0 Å². The maximum atomic E-state index is 5.64. The van der Waals surface area contributed by atoms with Gasteiger partial charge in [0.05, 0.1) is 0 Å². The van der Waals surface area contributed by atoms with Gasteiger partial charge in [0, 0.05) is 11.7 Å². The Labute approximate surface area is 60.8 Å². The molecule has 4 N–H and O–H groups in total. The number of anilines is 1. The molecule has 0 heterocycles. The zero-order valence-electron chi connectivity index (χ0n) is 6.04. The molecular formula is C8H12N2. The van der Waals surface area contributed by atoms with Crippen LogP contribution in [0.2, 0.25) is 0 Å². The van der Waals surface area contributed by atoms with Crippen LogP contribution >= 0.6 is 0 Å². The third kappa shape index (κ3) is 1.28. The van der Waals surface area contributed by atoms with Gasteiger partial charge in [-0.1, -0.05) is 18.2 Å². The van der Waals surface area contributed by atoms with Gasteiger partial charge in [-0.3, -0.25) is 0 Å². The van der Waals surface area contributed by atoms with Gasteiger partial charge in [0.25, 0.3) is 0 Å². The molecule has 0 saturated heterocycles. The monoisotopic (exact) mass is 136 g/mol. The molecule has 0 aliphatic heterocycles. The molecule has 0 aliphatic carbocycles. The fourth-order valence-electron chi connectivity index (χ4n) is 0.926. The third-order valence-corrected chi connectivity index (χ3v) is 1.49. The summed E-state index contributed by atoms with van der Waals surface area (Å²) in [4.78, 5) is 0. The molecule has 0 spiro atoms. The fraction of sp³-hybridized carbons (Fsp3) is 0.250. The summed E-state index contributed by atoms with van der Waals surface area (Å²) in [6.45, 7) is 1.92. The Morgan fingerprint density at radius 2 is 1.90 bits per heavy atom. The standard InChI is InChI=1S/C8H12N2/c1-6(9)7-4-2-3-5-8(7)10/h2-6H,9-10H2,1H3/t6-/m1/s1. The van der Waals surface area contributed by atoms with E-state index in [1.54, 1.807) is 0 Å². The lowest BCUT2D eigenvalue weighted by Gasteiger charge is -2.07. The smallest absolute Gasteiger partial charge is 0.0362 e. The molecule has 0 aromatic heterocycles. The average molecular weight is 136 g/mol. The number of nitrogens with two attached hydrogens (primary N) is 2. The second-order valence-electron chi connectivity index (χ2n) is 2.42. The van der Waals surface area contributed by atoms with Gasteiger partial charge in [-0.05, 0) is 18.6 Å². The van der Waals surface area contributed by atoms with Crippen LogP contribution < -0.4 is 11.5 Å². The number of hydrogen-bond acceptors (Lipinski definition) is 2. The van der Waals surface area contributed by atoms with Gasteiger partial charge in [0.1, 0.15) is 0 Å². The minimum absolute atomic E-state index is 0.0289. The lowest BCUT2D eigenvalue weighted by molar-refractivity contribution is 0.821. The predicted molar refractivity (Wildman–Crippen MR) is 43.5 cm³/mol. The van der Waals surface area contributed by atoms with Gasteiger partial charge in [-0.2, -0.15) is 0 Å². The van der Waals surface area contributed by atoms with E-state index in [4.69, 9.17) is 11.5 Å². The summed E-state index contributed by atoms with van der Waals surface area (Å²) in [7, 11) is 0. The zero-order valence-corrected chi connectivity index (χ0v) is 6.04. The summed E-state index contributed by atoms with van der Waals surface area (Å²) in [5, 5.41) is 0. The molecule has 1 rings (SSSR count). The Morgan fingerprint density at radius 3 is 2.30 bits per heavy atom. The SMILES string of the molecule is C[C@@H](N)c1ccccc1N. The molecule has 54 valence electrons. The third-order valence-electron chi connectivity index (χ3n) is 1.49. The van der Waals surface area contributed by atoms with Crippen molar-refractivity contribution >= 4 is 5.69 Å². The van der Waals surface area contributed by atoms with Gasteiger partial charge < -0.3 is 11.5 Å². The molecule has 1 aromatic rings. The molecule has 0 unspecified atom stereocenters. The molecule has 10 heavy (non-hydrogen) atoms. The molecule has 0 fully saturated rings. The highest BCUT2D eigenvalue weighted by Gasteiger charge is 2.00. The van der Waals surface area contributed by atoms with Gasteiger partial charge in [-0.15, -0.1) is 0 Å². The van der Waals surface area contributed by atoms with Crippen LogP contribution in [0.25, 0.3) is 0 Å².